The van der Waals surface area contributed by atoms with E-state index in [0.717, 1.165) is 10.0 Å². The summed E-state index contributed by atoms with van der Waals surface area (Å²) in [5.41, 5.74) is 1.49. The van der Waals surface area contributed by atoms with E-state index in [1.807, 2.05) is 19.1 Å². The highest BCUT2D eigenvalue weighted by molar-refractivity contribution is 9.10. The predicted octanol–water partition coefficient (Wildman–Crippen LogP) is 5.02. The van der Waals surface area contributed by atoms with E-state index in [0.29, 0.717) is 10.6 Å². The molecule has 2 aromatic carbocycles. The van der Waals surface area contributed by atoms with Gasteiger partial charge in [0, 0.05) is 15.1 Å². The normalized spacial score (nSPS) is 10.4. The lowest BCUT2D eigenvalue weighted by atomic mass is 10.1. The van der Waals surface area contributed by atoms with Gasteiger partial charge in [-0.1, -0.05) is 45.2 Å². The van der Waals surface area contributed by atoms with Crippen LogP contribution < -0.4 is 5.32 Å². The Labute approximate surface area is 134 Å². The van der Waals surface area contributed by atoms with Crippen LogP contribution in [0.25, 0.3) is 0 Å². The number of phenols is 1. The summed E-state index contributed by atoms with van der Waals surface area (Å²) in [6.07, 6.45) is 0. The molecule has 20 heavy (non-hydrogen) atoms. The molecule has 0 heterocycles. The predicted molar refractivity (Wildman–Crippen MR) is 85.0 cm³/mol. The molecule has 0 fully saturated rings. The van der Waals surface area contributed by atoms with Crippen molar-refractivity contribution in [1.82, 2.24) is 0 Å². The number of benzene rings is 2. The van der Waals surface area contributed by atoms with Crippen LogP contribution in [0.1, 0.15) is 15.9 Å². The van der Waals surface area contributed by atoms with Crippen molar-refractivity contribution >= 4 is 50.7 Å². The first kappa shape index (κ1) is 15.2. The minimum absolute atomic E-state index is 0.0822. The van der Waals surface area contributed by atoms with Crippen molar-refractivity contribution in [2.24, 2.45) is 0 Å². The fourth-order valence-corrected chi connectivity index (χ4v) is 2.54. The maximum atomic E-state index is 12.2. The number of aromatic hydroxyl groups is 1. The summed E-state index contributed by atoms with van der Waals surface area (Å²) in [5, 5.41) is 12.8. The van der Waals surface area contributed by atoms with Gasteiger partial charge in [-0.2, -0.15) is 0 Å². The van der Waals surface area contributed by atoms with Gasteiger partial charge in [0.1, 0.15) is 0 Å². The Morgan fingerprint density at radius 1 is 1.25 bits per heavy atom. The Morgan fingerprint density at radius 3 is 2.65 bits per heavy atom. The number of rotatable bonds is 2. The maximum absolute atomic E-state index is 12.2. The zero-order chi connectivity index (χ0) is 14.9. The number of aryl methyl sites for hydroxylation is 1. The number of hydrogen-bond acceptors (Lipinski definition) is 2. The summed E-state index contributed by atoms with van der Waals surface area (Å²) >= 11 is 15.0. The molecule has 2 N–H and O–H groups in total. The molecule has 1 amide bonds. The first-order chi connectivity index (χ1) is 9.38. The number of anilines is 1. The number of hydrogen-bond donors (Lipinski definition) is 2. The van der Waals surface area contributed by atoms with Gasteiger partial charge in [-0.05, 0) is 36.8 Å². The van der Waals surface area contributed by atoms with E-state index in [9.17, 15) is 9.90 Å². The SMILES string of the molecule is Cc1ccc(Br)cc1C(=O)Nc1cc(Cl)cc(Cl)c1O. The number of phenolic OH excluding ortho intramolecular Hbond substituents is 1. The lowest BCUT2D eigenvalue weighted by Gasteiger charge is -2.11. The Morgan fingerprint density at radius 2 is 1.95 bits per heavy atom. The van der Waals surface area contributed by atoms with Crippen LogP contribution in [0, 0.1) is 6.92 Å². The molecule has 104 valence electrons. The lowest BCUT2D eigenvalue weighted by molar-refractivity contribution is 0.102. The molecule has 0 aromatic heterocycles. The second-order valence-corrected chi connectivity index (χ2v) is 5.96. The van der Waals surface area contributed by atoms with Crippen LogP contribution in [0.15, 0.2) is 34.8 Å². The van der Waals surface area contributed by atoms with Crippen LogP contribution in [0.3, 0.4) is 0 Å². The van der Waals surface area contributed by atoms with Gasteiger partial charge in [-0.3, -0.25) is 4.79 Å². The van der Waals surface area contributed by atoms with Gasteiger partial charge in [0.2, 0.25) is 0 Å². The third-order valence-electron chi connectivity index (χ3n) is 2.72. The Balaban J connectivity index is 2.35. The first-order valence-corrected chi connectivity index (χ1v) is 7.19. The number of halogens is 3. The molecule has 0 aliphatic rings. The van der Waals surface area contributed by atoms with E-state index in [4.69, 9.17) is 23.2 Å². The summed E-state index contributed by atoms with van der Waals surface area (Å²) in [6, 6.07) is 8.21. The molecule has 6 heteroatoms. The largest absolute Gasteiger partial charge is 0.504 e. The van der Waals surface area contributed by atoms with Gasteiger partial charge in [0.25, 0.3) is 5.91 Å². The quantitative estimate of drug-likeness (QED) is 0.725. The maximum Gasteiger partial charge on any atom is 0.256 e. The number of nitrogens with one attached hydrogen (secondary N) is 1. The monoisotopic (exact) mass is 373 g/mol. The average molecular weight is 375 g/mol. The standard InChI is InChI=1S/C14H10BrCl2NO2/c1-7-2-3-8(15)4-10(7)14(20)18-12-6-9(16)5-11(17)13(12)19/h2-6,19H,1H3,(H,18,20). The highest BCUT2D eigenvalue weighted by Gasteiger charge is 2.14. The van der Waals surface area contributed by atoms with Crippen LogP contribution in [0.2, 0.25) is 10.0 Å². The molecule has 0 spiro atoms. The van der Waals surface area contributed by atoms with E-state index in [-0.39, 0.29) is 22.4 Å². The second-order valence-electron chi connectivity index (χ2n) is 4.20. The Hall–Kier alpha value is -1.23. The molecule has 2 rings (SSSR count). The minimum atomic E-state index is -0.350. The van der Waals surface area contributed by atoms with Gasteiger partial charge in [-0.25, -0.2) is 0 Å². The van der Waals surface area contributed by atoms with Crippen LogP contribution in [0.5, 0.6) is 5.75 Å². The van der Waals surface area contributed by atoms with Crippen LogP contribution >= 0.6 is 39.1 Å². The van der Waals surface area contributed by atoms with Gasteiger partial charge >= 0.3 is 0 Å². The number of carbonyl (C=O) groups is 1. The summed E-state index contributed by atoms with van der Waals surface area (Å²) in [7, 11) is 0. The Bertz CT molecular complexity index is 689. The molecule has 0 aliphatic carbocycles. The van der Waals surface area contributed by atoms with Gasteiger partial charge < -0.3 is 10.4 Å². The van der Waals surface area contributed by atoms with E-state index >= 15 is 0 Å². The fraction of sp³-hybridized carbons (Fsp3) is 0.0714. The van der Waals surface area contributed by atoms with E-state index in [2.05, 4.69) is 21.2 Å². The number of amides is 1. The van der Waals surface area contributed by atoms with Crippen molar-refractivity contribution in [2.75, 3.05) is 5.32 Å². The zero-order valence-corrected chi connectivity index (χ0v) is 13.5. The topological polar surface area (TPSA) is 49.3 Å². The molecular weight excluding hydrogens is 365 g/mol. The molecule has 0 unspecified atom stereocenters. The van der Waals surface area contributed by atoms with E-state index in [1.165, 1.54) is 12.1 Å². The smallest absolute Gasteiger partial charge is 0.256 e. The van der Waals surface area contributed by atoms with E-state index in [1.54, 1.807) is 6.07 Å². The van der Waals surface area contributed by atoms with Crippen molar-refractivity contribution in [3.05, 3.63) is 56.0 Å². The first-order valence-electron chi connectivity index (χ1n) is 5.64. The van der Waals surface area contributed by atoms with Crippen molar-refractivity contribution in [1.29, 1.82) is 0 Å². The molecule has 2 aromatic rings. The highest BCUT2D eigenvalue weighted by Crippen LogP contribution is 2.35. The molecule has 0 aliphatic heterocycles. The summed E-state index contributed by atoms with van der Waals surface area (Å²) in [4.78, 5) is 12.2. The average Bonchev–Trinajstić information content (AvgIpc) is 2.38. The van der Waals surface area contributed by atoms with Gasteiger partial charge in [-0.15, -0.1) is 0 Å². The second kappa shape index (κ2) is 6.04. The lowest BCUT2D eigenvalue weighted by Crippen LogP contribution is -2.13. The highest BCUT2D eigenvalue weighted by atomic mass is 79.9. The molecule has 0 saturated heterocycles. The summed E-state index contributed by atoms with van der Waals surface area (Å²) < 4.78 is 0.793. The van der Waals surface area contributed by atoms with Gasteiger partial charge in [0.15, 0.2) is 5.75 Å². The summed E-state index contributed by atoms with van der Waals surface area (Å²) in [5.74, 6) is -0.561. The third-order valence-corrected chi connectivity index (χ3v) is 3.72. The van der Waals surface area contributed by atoms with Crippen LogP contribution in [-0.2, 0) is 0 Å². The molecule has 3 nitrogen and oxygen atoms in total. The van der Waals surface area contributed by atoms with Crippen molar-refractivity contribution in [3.8, 4) is 5.75 Å². The van der Waals surface area contributed by atoms with Crippen molar-refractivity contribution in [3.63, 3.8) is 0 Å². The fourth-order valence-electron chi connectivity index (χ4n) is 1.69. The molecular formula is C14H10BrCl2NO2. The molecule has 0 radical (unpaired) electrons. The summed E-state index contributed by atoms with van der Waals surface area (Å²) in [6.45, 7) is 1.83. The van der Waals surface area contributed by atoms with Crippen molar-refractivity contribution < 1.29 is 9.90 Å². The molecule has 0 atom stereocenters. The zero-order valence-electron chi connectivity index (χ0n) is 10.4. The van der Waals surface area contributed by atoms with Gasteiger partial charge in [0.05, 0.1) is 10.7 Å². The minimum Gasteiger partial charge on any atom is -0.504 e. The third kappa shape index (κ3) is 3.26. The van der Waals surface area contributed by atoms with Crippen LogP contribution in [-0.4, -0.2) is 11.0 Å². The van der Waals surface area contributed by atoms with Crippen molar-refractivity contribution in [2.45, 2.75) is 6.92 Å². The molecule has 0 saturated carbocycles. The molecule has 0 bridgehead atoms. The van der Waals surface area contributed by atoms with E-state index < -0.39 is 0 Å². The Kier molecular flexibility index (Phi) is 4.58. The number of carbonyl (C=O) groups excluding carboxylic acids is 1. The van der Waals surface area contributed by atoms with Crippen LogP contribution in [0.4, 0.5) is 5.69 Å².